The van der Waals surface area contributed by atoms with Gasteiger partial charge in [-0.15, -0.1) is 10.2 Å². The van der Waals surface area contributed by atoms with Crippen molar-refractivity contribution in [2.75, 3.05) is 5.32 Å². The van der Waals surface area contributed by atoms with Crippen LogP contribution in [0, 0.1) is 6.92 Å². The molecule has 82 valence electrons. The summed E-state index contributed by atoms with van der Waals surface area (Å²) < 4.78 is 0. The van der Waals surface area contributed by atoms with Crippen LogP contribution in [0.1, 0.15) is 25.0 Å². The molecule has 0 aliphatic heterocycles. The van der Waals surface area contributed by atoms with Gasteiger partial charge in [-0.2, -0.15) is 0 Å². The van der Waals surface area contributed by atoms with Crippen molar-refractivity contribution < 1.29 is 5.11 Å². The van der Waals surface area contributed by atoms with E-state index in [4.69, 9.17) is 11.6 Å². The van der Waals surface area contributed by atoms with Gasteiger partial charge in [0.2, 0.25) is 5.95 Å². The van der Waals surface area contributed by atoms with E-state index in [1.807, 2.05) is 0 Å². The van der Waals surface area contributed by atoms with E-state index in [2.05, 4.69) is 20.5 Å². The molecule has 0 saturated heterocycles. The van der Waals surface area contributed by atoms with Crippen LogP contribution in [0.25, 0.3) is 0 Å². The topological polar surface area (TPSA) is 70.9 Å². The molecule has 0 spiro atoms. The number of anilines is 1. The Morgan fingerprint density at radius 2 is 2.20 bits per heavy atom. The summed E-state index contributed by atoms with van der Waals surface area (Å²) in [5, 5.41) is 20.6. The van der Waals surface area contributed by atoms with Crippen LogP contribution in [-0.2, 0) is 0 Å². The van der Waals surface area contributed by atoms with Crippen LogP contribution >= 0.6 is 11.6 Å². The molecule has 0 radical (unpaired) electrons. The fraction of sp³-hybridized carbons (Fsp3) is 0.667. The van der Waals surface area contributed by atoms with E-state index in [-0.39, 0.29) is 12.1 Å². The fourth-order valence-electron chi connectivity index (χ4n) is 1.73. The van der Waals surface area contributed by atoms with Crippen LogP contribution in [0.2, 0.25) is 5.15 Å². The molecule has 1 aromatic heterocycles. The molecular weight excluding hydrogens is 216 g/mol. The summed E-state index contributed by atoms with van der Waals surface area (Å²) in [6.07, 6.45) is 2.48. The van der Waals surface area contributed by atoms with Gasteiger partial charge >= 0.3 is 0 Å². The maximum atomic E-state index is 9.61. The third-order valence-electron chi connectivity index (χ3n) is 2.60. The van der Waals surface area contributed by atoms with Gasteiger partial charge in [-0.05, 0) is 26.2 Å². The standard InChI is InChI=1S/C9H13ClN4O/c1-5-8(10)13-14-9(11-5)12-6-3-2-4-7(6)15/h6-7,15H,2-4H2,1H3,(H,11,12,14)/t6-,7-/m1/s1. The van der Waals surface area contributed by atoms with Crippen LogP contribution in [0.5, 0.6) is 0 Å². The van der Waals surface area contributed by atoms with Gasteiger partial charge in [0.15, 0.2) is 5.15 Å². The first kappa shape index (κ1) is 10.6. The zero-order valence-electron chi connectivity index (χ0n) is 8.44. The summed E-state index contributed by atoms with van der Waals surface area (Å²) in [6.45, 7) is 1.77. The lowest BCUT2D eigenvalue weighted by Crippen LogP contribution is -2.29. The Bertz CT molecular complexity index is 360. The average Bonchev–Trinajstić information content (AvgIpc) is 2.59. The van der Waals surface area contributed by atoms with Crippen LogP contribution in [-0.4, -0.2) is 32.4 Å². The molecule has 2 atom stereocenters. The lowest BCUT2D eigenvalue weighted by molar-refractivity contribution is 0.171. The van der Waals surface area contributed by atoms with E-state index in [1.165, 1.54) is 0 Å². The Morgan fingerprint density at radius 3 is 2.80 bits per heavy atom. The molecule has 2 rings (SSSR count). The second kappa shape index (κ2) is 4.28. The number of nitrogens with zero attached hydrogens (tertiary/aromatic N) is 3. The minimum Gasteiger partial charge on any atom is -0.391 e. The molecule has 0 bridgehead atoms. The zero-order valence-corrected chi connectivity index (χ0v) is 9.20. The predicted octanol–water partition coefficient (Wildman–Crippen LogP) is 1.16. The Kier molecular flexibility index (Phi) is 3.02. The Morgan fingerprint density at radius 1 is 1.40 bits per heavy atom. The number of aliphatic hydroxyl groups is 1. The number of aromatic nitrogens is 3. The maximum absolute atomic E-state index is 9.61. The van der Waals surface area contributed by atoms with E-state index in [0.29, 0.717) is 16.8 Å². The van der Waals surface area contributed by atoms with Crippen molar-refractivity contribution in [3.8, 4) is 0 Å². The molecule has 0 aromatic carbocycles. The molecule has 1 fully saturated rings. The number of hydrogen-bond acceptors (Lipinski definition) is 5. The van der Waals surface area contributed by atoms with Crippen LogP contribution in [0.15, 0.2) is 0 Å². The third kappa shape index (κ3) is 2.35. The summed E-state index contributed by atoms with van der Waals surface area (Å²) in [7, 11) is 0. The zero-order chi connectivity index (χ0) is 10.8. The van der Waals surface area contributed by atoms with Crippen LogP contribution < -0.4 is 5.32 Å². The molecule has 1 heterocycles. The summed E-state index contributed by atoms with van der Waals surface area (Å²) in [4.78, 5) is 4.14. The Labute approximate surface area is 92.9 Å². The molecule has 15 heavy (non-hydrogen) atoms. The second-order valence-corrected chi connectivity index (χ2v) is 4.12. The van der Waals surface area contributed by atoms with Gasteiger partial charge in [-0.3, -0.25) is 0 Å². The lowest BCUT2D eigenvalue weighted by Gasteiger charge is -2.15. The highest BCUT2D eigenvalue weighted by atomic mass is 35.5. The summed E-state index contributed by atoms with van der Waals surface area (Å²) in [5.74, 6) is 0.433. The fourth-order valence-corrected chi connectivity index (χ4v) is 1.81. The van der Waals surface area contributed by atoms with Gasteiger partial charge in [-0.1, -0.05) is 11.6 Å². The first-order valence-corrected chi connectivity index (χ1v) is 5.36. The van der Waals surface area contributed by atoms with Crippen molar-refractivity contribution >= 4 is 17.5 Å². The van der Waals surface area contributed by atoms with Crippen molar-refractivity contribution in [3.05, 3.63) is 10.8 Å². The van der Waals surface area contributed by atoms with Crippen molar-refractivity contribution in [2.45, 2.75) is 38.3 Å². The number of rotatable bonds is 2. The van der Waals surface area contributed by atoms with E-state index in [0.717, 1.165) is 19.3 Å². The van der Waals surface area contributed by atoms with Crippen molar-refractivity contribution in [2.24, 2.45) is 0 Å². The molecule has 6 heteroatoms. The third-order valence-corrected chi connectivity index (χ3v) is 2.95. The first-order valence-electron chi connectivity index (χ1n) is 4.98. The SMILES string of the molecule is Cc1nc(N[C@@H]2CCC[C@H]2O)nnc1Cl. The quantitative estimate of drug-likeness (QED) is 0.795. The van der Waals surface area contributed by atoms with Gasteiger partial charge in [-0.25, -0.2) is 4.98 Å². The Hall–Kier alpha value is -0.940. The molecule has 0 amide bonds. The van der Waals surface area contributed by atoms with Crippen LogP contribution in [0.4, 0.5) is 5.95 Å². The molecule has 1 aromatic rings. The van der Waals surface area contributed by atoms with Gasteiger partial charge in [0.05, 0.1) is 17.8 Å². The average molecular weight is 229 g/mol. The monoisotopic (exact) mass is 228 g/mol. The van der Waals surface area contributed by atoms with Crippen molar-refractivity contribution in [1.82, 2.24) is 15.2 Å². The lowest BCUT2D eigenvalue weighted by atomic mass is 10.2. The van der Waals surface area contributed by atoms with E-state index in [1.54, 1.807) is 6.92 Å². The molecule has 1 aliphatic rings. The van der Waals surface area contributed by atoms with Crippen molar-refractivity contribution in [1.29, 1.82) is 0 Å². The van der Waals surface area contributed by atoms with E-state index in [9.17, 15) is 5.11 Å². The summed E-state index contributed by atoms with van der Waals surface area (Å²) in [5.41, 5.74) is 0.640. The highest BCUT2D eigenvalue weighted by Crippen LogP contribution is 2.21. The normalized spacial score (nSPS) is 25.5. The number of nitrogens with one attached hydrogen (secondary N) is 1. The number of hydrogen-bond donors (Lipinski definition) is 2. The van der Waals surface area contributed by atoms with Gasteiger partial charge in [0.1, 0.15) is 0 Å². The van der Waals surface area contributed by atoms with E-state index < -0.39 is 0 Å². The van der Waals surface area contributed by atoms with Gasteiger partial charge < -0.3 is 10.4 Å². The molecule has 0 unspecified atom stereocenters. The minimum absolute atomic E-state index is 0.0346. The number of halogens is 1. The summed E-state index contributed by atoms with van der Waals surface area (Å²) >= 11 is 5.71. The van der Waals surface area contributed by atoms with E-state index >= 15 is 0 Å². The smallest absolute Gasteiger partial charge is 0.243 e. The highest BCUT2D eigenvalue weighted by Gasteiger charge is 2.25. The molecule has 2 N–H and O–H groups in total. The number of aryl methyl sites for hydroxylation is 1. The largest absolute Gasteiger partial charge is 0.391 e. The maximum Gasteiger partial charge on any atom is 0.243 e. The predicted molar refractivity (Wildman–Crippen MR) is 56.8 cm³/mol. The van der Waals surface area contributed by atoms with Crippen molar-refractivity contribution in [3.63, 3.8) is 0 Å². The van der Waals surface area contributed by atoms with Crippen LogP contribution in [0.3, 0.4) is 0 Å². The molecule has 5 nitrogen and oxygen atoms in total. The molecular formula is C9H13ClN4O. The first-order chi connectivity index (χ1) is 7.16. The molecule has 1 saturated carbocycles. The summed E-state index contributed by atoms with van der Waals surface area (Å²) in [6, 6.07) is 0.0346. The molecule has 1 aliphatic carbocycles. The van der Waals surface area contributed by atoms with Gasteiger partial charge in [0.25, 0.3) is 0 Å². The second-order valence-electron chi connectivity index (χ2n) is 3.76. The Balaban J connectivity index is 2.07. The highest BCUT2D eigenvalue weighted by molar-refractivity contribution is 6.29. The number of aliphatic hydroxyl groups excluding tert-OH is 1. The van der Waals surface area contributed by atoms with Gasteiger partial charge in [0, 0.05) is 0 Å². The minimum atomic E-state index is -0.315.